The summed E-state index contributed by atoms with van der Waals surface area (Å²) < 4.78 is 0. The first-order chi connectivity index (χ1) is 11.9. The van der Waals surface area contributed by atoms with E-state index in [4.69, 9.17) is 5.11 Å². The van der Waals surface area contributed by atoms with Crippen molar-refractivity contribution in [2.45, 2.75) is 44.4 Å². The number of carbonyl (C=O) groups excluding carboxylic acids is 1. The summed E-state index contributed by atoms with van der Waals surface area (Å²) in [5.74, 6) is -1.44. The van der Waals surface area contributed by atoms with Crippen LogP contribution in [-0.2, 0) is 21.4 Å². The standard InChI is InChI=1S/C21H23NO3/c1-14(19(23)24)15-9-11-17(12-10-15)22-20(25)21(2)13-5-7-16-6-3-4-8-18(16)21/h3-4,6,8-12,14H,5,7,13H2,1-2H3,(H,22,25)(H,23,24). The fourth-order valence-corrected chi connectivity index (χ4v) is 3.55. The normalized spacial score (nSPS) is 20.4. The van der Waals surface area contributed by atoms with Crippen LogP contribution in [0, 0.1) is 0 Å². The maximum atomic E-state index is 13.0. The molecule has 2 unspecified atom stereocenters. The number of benzene rings is 2. The van der Waals surface area contributed by atoms with Crippen LogP contribution in [0.5, 0.6) is 0 Å². The van der Waals surface area contributed by atoms with Crippen LogP contribution < -0.4 is 5.32 Å². The number of nitrogens with one attached hydrogen (secondary N) is 1. The van der Waals surface area contributed by atoms with Gasteiger partial charge in [0.25, 0.3) is 0 Å². The Labute approximate surface area is 147 Å². The van der Waals surface area contributed by atoms with E-state index in [-0.39, 0.29) is 5.91 Å². The highest BCUT2D eigenvalue weighted by atomic mass is 16.4. The highest BCUT2D eigenvalue weighted by Crippen LogP contribution is 2.38. The number of amides is 1. The second kappa shape index (κ2) is 6.71. The van der Waals surface area contributed by atoms with Gasteiger partial charge >= 0.3 is 5.97 Å². The summed E-state index contributed by atoms with van der Waals surface area (Å²) in [5, 5.41) is 12.1. The first-order valence-corrected chi connectivity index (χ1v) is 8.64. The fraction of sp³-hybridized carbons (Fsp3) is 0.333. The lowest BCUT2D eigenvalue weighted by molar-refractivity contribution is -0.138. The molecule has 2 N–H and O–H groups in total. The molecule has 0 aliphatic heterocycles. The number of carboxylic acids is 1. The maximum Gasteiger partial charge on any atom is 0.310 e. The Morgan fingerprint density at radius 1 is 1.12 bits per heavy atom. The Morgan fingerprint density at radius 3 is 2.48 bits per heavy atom. The lowest BCUT2D eigenvalue weighted by atomic mass is 9.70. The van der Waals surface area contributed by atoms with E-state index in [0.717, 1.165) is 30.4 Å². The van der Waals surface area contributed by atoms with Gasteiger partial charge in [0.2, 0.25) is 5.91 Å². The topological polar surface area (TPSA) is 66.4 Å². The summed E-state index contributed by atoms with van der Waals surface area (Å²) in [5.41, 5.74) is 3.23. The summed E-state index contributed by atoms with van der Waals surface area (Å²) >= 11 is 0. The van der Waals surface area contributed by atoms with Crippen LogP contribution in [0.25, 0.3) is 0 Å². The molecule has 0 bridgehead atoms. The molecule has 2 atom stereocenters. The third-order valence-corrected chi connectivity index (χ3v) is 5.27. The van der Waals surface area contributed by atoms with Gasteiger partial charge in [-0.1, -0.05) is 36.4 Å². The first kappa shape index (κ1) is 17.2. The van der Waals surface area contributed by atoms with E-state index >= 15 is 0 Å². The van der Waals surface area contributed by atoms with Crippen molar-refractivity contribution in [2.75, 3.05) is 5.32 Å². The van der Waals surface area contributed by atoms with Crippen molar-refractivity contribution in [3.63, 3.8) is 0 Å². The average Bonchev–Trinajstić information content (AvgIpc) is 2.62. The molecule has 130 valence electrons. The van der Waals surface area contributed by atoms with E-state index in [2.05, 4.69) is 11.4 Å². The number of hydrogen-bond acceptors (Lipinski definition) is 2. The largest absolute Gasteiger partial charge is 0.481 e. The number of fused-ring (bicyclic) bond motifs is 1. The molecule has 2 aromatic rings. The van der Waals surface area contributed by atoms with Crippen LogP contribution in [0.3, 0.4) is 0 Å². The van der Waals surface area contributed by atoms with Crippen molar-refractivity contribution in [1.29, 1.82) is 0 Å². The monoisotopic (exact) mass is 337 g/mol. The van der Waals surface area contributed by atoms with Gasteiger partial charge < -0.3 is 10.4 Å². The van der Waals surface area contributed by atoms with Gasteiger partial charge in [-0.05, 0) is 61.9 Å². The molecular weight excluding hydrogens is 314 g/mol. The highest BCUT2D eigenvalue weighted by Gasteiger charge is 2.38. The molecule has 25 heavy (non-hydrogen) atoms. The number of aryl methyl sites for hydroxylation is 1. The number of anilines is 1. The number of carboxylic acid groups (broad SMARTS) is 1. The lowest BCUT2D eigenvalue weighted by Crippen LogP contribution is -2.40. The van der Waals surface area contributed by atoms with Gasteiger partial charge in [-0.2, -0.15) is 0 Å². The van der Waals surface area contributed by atoms with Gasteiger partial charge in [0, 0.05) is 5.69 Å². The molecule has 0 fully saturated rings. The van der Waals surface area contributed by atoms with E-state index in [1.54, 1.807) is 31.2 Å². The van der Waals surface area contributed by atoms with Gasteiger partial charge in [0.05, 0.1) is 11.3 Å². The quantitative estimate of drug-likeness (QED) is 0.882. The van der Waals surface area contributed by atoms with E-state index in [1.165, 1.54) is 5.56 Å². The van der Waals surface area contributed by atoms with E-state index in [9.17, 15) is 9.59 Å². The summed E-state index contributed by atoms with van der Waals surface area (Å²) in [4.78, 5) is 24.0. The SMILES string of the molecule is CC(C(=O)O)c1ccc(NC(=O)C2(C)CCCc3ccccc32)cc1. The molecule has 4 nitrogen and oxygen atoms in total. The minimum atomic E-state index is -0.858. The van der Waals surface area contributed by atoms with Crippen LogP contribution in [0.1, 0.15) is 49.3 Å². The van der Waals surface area contributed by atoms with E-state index < -0.39 is 17.3 Å². The second-order valence-corrected chi connectivity index (χ2v) is 6.98. The van der Waals surface area contributed by atoms with Crippen molar-refractivity contribution >= 4 is 17.6 Å². The Balaban J connectivity index is 1.80. The molecule has 1 aliphatic rings. The van der Waals surface area contributed by atoms with E-state index in [1.807, 2.05) is 25.1 Å². The zero-order chi connectivity index (χ0) is 18.0. The van der Waals surface area contributed by atoms with Gasteiger partial charge in [-0.15, -0.1) is 0 Å². The number of rotatable bonds is 4. The van der Waals surface area contributed by atoms with Crippen molar-refractivity contribution < 1.29 is 14.7 Å². The van der Waals surface area contributed by atoms with Crippen molar-refractivity contribution in [2.24, 2.45) is 0 Å². The van der Waals surface area contributed by atoms with Crippen LogP contribution in [0.15, 0.2) is 48.5 Å². The first-order valence-electron chi connectivity index (χ1n) is 8.64. The van der Waals surface area contributed by atoms with E-state index in [0.29, 0.717) is 5.69 Å². The zero-order valence-corrected chi connectivity index (χ0v) is 14.6. The zero-order valence-electron chi connectivity index (χ0n) is 14.6. The third kappa shape index (κ3) is 3.29. The lowest BCUT2D eigenvalue weighted by Gasteiger charge is -2.34. The van der Waals surface area contributed by atoms with Crippen molar-refractivity contribution in [3.05, 3.63) is 65.2 Å². The molecule has 1 aliphatic carbocycles. The molecule has 0 aromatic heterocycles. The Hall–Kier alpha value is -2.62. The number of hydrogen-bond donors (Lipinski definition) is 2. The molecule has 0 saturated carbocycles. The molecule has 4 heteroatoms. The number of aliphatic carboxylic acids is 1. The molecule has 0 saturated heterocycles. The predicted molar refractivity (Wildman–Crippen MR) is 97.9 cm³/mol. The molecule has 3 rings (SSSR count). The highest BCUT2D eigenvalue weighted by molar-refractivity contribution is 5.99. The van der Waals surface area contributed by atoms with Crippen LogP contribution >= 0.6 is 0 Å². The van der Waals surface area contributed by atoms with Gasteiger partial charge in [0.15, 0.2) is 0 Å². The maximum absolute atomic E-state index is 13.0. The van der Waals surface area contributed by atoms with Gasteiger partial charge in [-0.3, -0.25) is 9.59 Å². The van der Waals surface area contributed by atoms with Gasteiger partial charge in [-0.25, -0.2) is 0 Å². The summed E-state index contributed by atoms with van der Waals surface area (Å²) in [6.45, 7) is 3.65. The number of carbonyl (C=O) groups is 2. The molecule has 1 amide bonds. The molecule has 0 spiro atoms. The Morgan fingerprint density at radius 2 is 1.80 bits per heavy atom. The van der Waals surface area contributed by atoms with Crippen LogP contribution in [0.4, 0.5) is 5.69 Å². The Kier molecular flexibility index (Phi) is 4.62. The van der Waals surface area contributed by atoms with Crippen LogP contribution in [0.2, 0.25) is 0 Å². The molecule has 0 heterocycles. The van der Waals surface area contributed by atoms with Gasteiger partial charge in [0.1, 0.15) is 0 Å². The average molecular weight is 337 g/mol. The summed E-state index contributed by atoms with van der Waals surface area (Å²) in [6, 6.07) is 15.2. The minimum absolute atomic E-state index is 0.0151. The summed E-state index contributed by atoms with van der Waals surface area (Å²) in [6.07, 6.45) is 2.83. The fourth-order valence-electron chi connectivity index (χ4n) is 3.55. The molecule has 2 aromatic carbocycles. The Bertz CT molecular complexity index is 797. The molecule has 0 radical (unpaired) electrons. The third-order valence-electron chi connectivity index (χ3n) is 5.27. The van der Waals surface area contributed by atoms with Crippen molar-refractivity contribution in [1.82, 2.24) is 0 Å². The smallest absolute Gasteiger partial charge is 0.310 e. The second-order valence-electron chi connectivity index (χ2n) is 6.98. The molecular formula is C21H23NO3. The van der Waals surface area contributed by atoms with Crippen molar-refractivity contribution in [3.8, 4) is 0 Å². The predicted octanol–water partition coefficient (Wildman–Crippen LogP) is 4.11. The van der Waals surface area contributed by atoms with Crippen LogP contribution in [-0.4, -0.2) is 17.0 Å². The summed E-state index contributed by atoms with van der Waals surface area (Å²) in [7, 11) is 0. The minimum Gasteiger partial charge on any atom is -0.481 e.